The zero-order valence-electron chi connectivity index (χ0n) is 11.9. The highest BCUT2D eigenvalue weighted by Crippen LogP contribution is 2.21. The van der Waals surface area contributed by atoms with Crippen LogP contribution in [-0.2, 0) is 6.61 Å². The van der Waals surface area contributed by atoms with Crippen molar-refractivity contribution in [2.24, 2.45) is 10.9 Å². The summed E-state index contributed by atoms with van der Waals surface area (Å²) in [5.74, 6) is 0.148. The van der Waals surface area contributed by atoms with Gasteiger partial charge in [-0.2, -0.15) is 0 Å². The van der Waals surface area contributed by atoms with Crippen LogP contribution in [0, 0.1) is 19.7 Å². The number of oxime groups is 1. The monoisotopic (exact) mass is 288 g/mol. The van der Waals surface area contributed by atoms with E-state index < -0.39 is 5.82 Å². The lowest BCUT2D eigenvalue weighted by Gasteiger charge is -2.11. The van der Waals surface area contributed by atoms with Crippen LogP contribution in [0.3, 0.4) is 0 Å². The normalized spacial score (nSPS) is 11.5. The number of benzene rings is 2. The lowest BCUT2D eigenvalue weighted by atomic mass is 10.1. The molecule has 21 heavy (non-hydrogen) atoms. The second kappa shape index (κ2) is 6.26. The summed E-state index contributed by atoms with van der Waals surface area (Å²) in [6.07, 6.45) is 0. The predicted octanol–water partition coefficient (Wildman–Crippen LogP) is 3.12. The van der Waals surface area contributed by atoms with Gasteiger partial charge in [-0.05, 0) is 37.1 Å². The van der Waals surface area contributed by atoms with E-state index in [4.69, 9.17) is 15.7 Å². The summed E-state index contributed by atoms with van der Waals surface area (Å²) in [4.78, 5) is 0. The molecule has 2 aromatic carbocycles. The van der Waals surface area contributed by atoms with Crippen molar-refractivity contribution in [3.8, 4) is 5.75 Å². The minimum Gasteiger partial charge on any atom is -0.489 e. The number of nitrogens with zero attached hydrogens (tertiary/aromatic N) is 1. The van der Waals surface area contributed by atoms with Crippen LogP contribution in [0.5, 0.6) is 5.75 Å². The fraction of sp³-hybridized carbons (Fsp3) is 0.188. The first-order chi connectivity index (χ1) is 10.0. The van der Waals surface area contributed by atoms with Crippen molar-refractivity contribution < 1.29 is 14.3 Å². The number of amidine groups is 1. The fourth-order valence-corrected chi connectivity index (χ4v) is 1.90. The molecule has 0 radical (unpaired) electrons. The van der Waals surface area contributed by atoms with Crippen LogP contribution in [0.2, 0.25) is 0 Å². The third-order valence-corrected chi connectivity index (χ3v) is 3.18. The molecule has 2 aromatic rings. The zero-order valence-corrected chi connectivity index (χ0v) is 11.9. The Kier molecular flexibility index (Phi) is 4.42. The SMILES string of the molecule is Cc1ccc(C)c(OCc2ccc(/C(N)=N/O)cc2F)c1. The molecule has 0 saturated carbocycles. The Bertz CT molecular complexity index is 684. The smallest absolute Gasteiger partial charge is 0.170 e. The highest BCUT2D eigenvalue weighted by molar-refractivity contribution is 5.97. The number of nitrogens with two attached hydrogens (primary N) is 1. The van der Waals surface area contributed by atoms with E-state index in [-0.39, 0.29) is 12.4 Å². The average molecular weight is 288 g/mol. The van der Waals surface area contributed by atoms with Gasteiger partial charge in [-0.15, -0.1) is 0 Å². The molecule has 0 atom stereocenters. The van der Waals surface area contributed by atoms with Gasteiger partial charge in [0, 0.05) is 11.1 Å². The van der Waals surface area contributed by atoms with Gasteiger partial charge >= 0.3 is 0 Å². The van der Waals surface area contributed by atoms with E-state index in [0.29, 0.717) is 11.1 Å². The maximum Gasteiger partial charge on any atom is 0.170 e. The summed E-state index contributed by atoms with van der Waals surface area (Å²) < 4.78 is 19.6. The summed E-state index contributed by atoms with van der Waals surface area (Å²) in [6.45, 7) is 4.03. The largest absolute Gasteiger partial charge is 0.489 e. The number of ether oxygens (including phenoxy) is 1. The molecule has 2 rings (SSSR count). The van der Waals surface area contributed by atoms with Gasteiger partial charge in [-0.3, -0.25) is 0 Å². The van der Waals surface area contributed by atoms with Crippen LogP contribution in [0.25, 0.3) is 0 Å². The van der Waals surface area contributed by atoms with Crippen molar-refractivity contribution in [3.63, 3.8) is 0 Å². The van der Waals surface area contributed by atoms with E-state index in [0.717, 1.165) is 16.9 Å². The van der Waals surface area contributed by atoms with Crippen LogP contribution >= 0.6 is 0 Å². The maximum atomic E-state index is 14.0. The molecule has 0 bridgehead atoms. The summed E-state index contributed by atoms with van der Waals surface area (Å²) >= 11 is 0. The highest BCUT2D eigenvalue weighted by Gasteiger charge is 2.08. The molecule has 0 spiro atoms. The summed E-state index contributed by atoms with van der Waals surface area (Å²) in [5.41, 5.74) is 8.23. The molecule has 0 heterocycles. The Morgan fingerprint density at radius 2 is 2.00 bits per heavy atom. The number of hydrogen-bond donors (Lipinski definition) is 2. The molecule has 0 unspecified atom stereocenters. The molecule has 0 aromatic heterocycles. The molecular weight excluding hydrogens is 271 g/mol. The number of hydrogen-bond acceptors (Lipinski definition) is 3. The Morgan fingerprint density at radius 3 is 2.67 bits per heavy atom. The number of aryl methyl sites for hydroxylation is 2. The lowest BCUT2D eigenvalue weighted by Crippen LogP contribution is -2.13. The van der Waals surface area contributed by atoms with Crippen LogP contribution in [0.4, 0.5) is 4.39 Å². The molecule has 0 saturated heterocycles. The van der Waals surface area contributed by atoms with Gasteiger partial charge in [0.2, 0.25) is 0 Å². The van der Waals surface area contributed by atoms with E-state index >= 15 is 0 Å². The minimum atomic E-state index is -0.454. The number of halogens is 1. The standard InChI is InChI=1S/C16H17FN2O2/c1-10-3-4-11(2)15(7-10)21-9-13-6-5-12(8-14(13)17)16(18)19-20/h3-8,20H,9H2,1-2H3,(H2,18,19). The Hall–Kier alpha value is -2.56. The van der Waals surface area contributed by atoms with Crippen molar-refractivity contribution in [1.29, 1.82) is 0 Å². The molecule has 0 aliphatic heterocycles. The number of rotatable bonds is 4. The molecule has 5 heteroatoms. The van der Waals surface area contributed by atoms with Crippen LogP contribution in [0.1, 0.15) is 22.3 Å². The zero-order chi connectivity index (χ0) is 15.4. The molecule has 0 amide bonds. The lowest BCUT2D eigenvalue weighted by molar-refractivity contribution is 0.297. The molecule has 0 aliphatic carbocycles. The van der Waals surface area contributed by atoms with Gasteiger partial charge in [-0.1, -0.05) is 29.4 Å². The Balaban J connectivity index is 2.15. The van der Waals surface area contributed by atoms with Crippen molar-refractivity contribution >= 4 is 5.84 Å². The Morgan fingerprint density at radius 1 is 1.24 bits per heavy atom. The van der Waals surface area contributed by atoms with E-state index in [1.54, 1.807) is 12.1 Å². The van der Waals surface area contributed by atoms with E-state index in [9.17, 15) is 4.39 Å². The second-order valence-corrected chi connectivity index (χ2v) is 4.85. The summed E-state index contributed by atoms with van der Waals surface area (Å²) in [5, 5.41) is 11.4. The van der Waals surface area contributed by atoms with Gasteiger partial charge in [0.15, 0.2) is 5.84 Å². The van der Waals surface area contributed by atoms with Gasteiger partial charge in [-0.25, -0.2) is 4.39 Å². The summed E-state index contributed by atoms with van der Waals surface area (Å²) in [6, 6.07) is 10.2. The average Bonchev–Trinajstić information content (AvgIpc) is 2.48. The minimum absolute atomic E-state index is 0.118. The Labute approximate surface area is 122 Å². The third kappa shape index (κ3) is 3.51. The quantitative estimate of drug-likeness (QED) is 0.393. The van der Waals surface area contributed by atoms with Crippen molar-refractivity contribution in [3.05, 3.63) is 64.5 Å². The van der Waals surface area contributed by atoms with Crippen LogP contribution in [0.15, 0.2) is 41.6 Å². The topological polar surface area (TPSA) is 67.8 Å². The highest BCUT2D eigenvalue weighted by atomic mass is 19.1. The first-order valence-corrected chi connectivity index (χ1v) is 6.47. The molecule has 0 fully saturated rings. The van der Waals surface area contributed by atoms with Crippen molar-refractivity contribution in [1.82, 2.24) is 0 Å². The molecular formula is C16H17FN2O2. The van der Waals surface area contributed by atoms with E-state index in [1.807, 2.05) is 32.0 Å². The van der Waals surface area contributed by atoms with Crippen molar-refractivity contribution in [2.75, 3.05) is 0 Å². The van der Waals surface area contributed by atoms with E-state index in [2.05, 4.69) is 5.16 Å². The van der Waals surface area contributed by atoms with Crippen molar-refractivity contribution in [2.45, 2.75) is 20.5 Å². The second-order valence-electron chi connectivity index (χ2n) is 4.85. The molecule has 4 nitrogen and oxygen atoms in total. The molecule has 110 valence electrons. The predicted molar refractivity (Wildman–Crippen MR) is 79.2 cm³/mol. The molecule has 0 aliphatic rings. The van der Waals surface area contributed by atoms with Gasteiger partial charge in [0.25, 0.3) is 0 Å². The van der Waals surface area contributed by atoms with E-state index in [1.165, 1.54) is 6.07 Å². The van der Waals surface area contributed by atoms with Crippen LogP contribution < -0.4 is 10.5 Å². The van der Waals surface area contributed by atoms with Gasteiger partial charge < -0.3 is 15.7 Å². The van der Waals surface area contributed by atoms with Crippen LogP contribution in [-0.4, -0.2) is 11.0 Å². The third-order valence-electron chi connectivity index (χ3n) is 3.18. The fourth-order valence-electron chi connectivity index (χ4n) is 1.90. The van der Waals surface area contributed by atoms with Gasteiger partial charge in [0.1, 0.15) is 18.2 Å². The first-order valence-electron chi connectivity index (χ1n) is 6.47. The molecule has 3 N–H and O–H groups in total. The summed E-state index contributed by atoms with van der Waals surface area (Å²) in [7, 11) is 0. The maximum absolute atomic E-state index is 14.0. The first kappa shape index (κ1) is 14.8. The van der Waals surface area contributed by atoms with Gasteiger partial charge in [0.05, 0.1) is 0 Å².